The van der Waals surface area contributed by atoms with Crippen molar-refractivity contribution in [2.24, 2.45) is 5.92 Å². The monoisotopic (exact) mass is 453 g/mol. The van der Waals surface area contributed by atoms with Gasteiger partial charge in [0.05, 0.1) is 4.88 Å². The molecule has 170 valence electrons. The van der Waals surface area contributed by atoms with Crippen LogP contribution in [0.5, 0.6) is 0 Å². The van der Waals surface area contributed by atoms with E-state index in [1.807, 2.05) is 46.4 Å². The third-order valence-electron chi connectivity index (χ3n) is 6.56. The summed E-state index contributed by atoms with van der Waals surface area (Å²) in [5.74, 6) is -0.113. The molecule has 3 heterocycles. The van der Waals surface area contributed by atoms with Gasteiger partial charge in [-0.15, -0.1) is 11.3 Å². The van der Waals surface area contributed by atoms with Gasteiger partial charge in [-0.3, -0.25) is 14.4 Å². The molecule has 0 aliphatic carbocycles. The van der Waals surface area contributed by atoms with Crippen molar-refractivity contribution in [1.82, 2.24) is 15.1 Å². The molecule has 3 amide bonds. The third-order valence-corrected chi connectivity index (χ3v) is 7.42. The van der Waals surface area contributed by atoms with Crippen molar-refractivity contribution in [3.63, 3.8) is 0 Å². The number of rotatable bonds is 5. The van der Waals surface area contributed by atoms with Crippen LogP contribution in [0.3, 0.4) is 0 Å². The lowest BCUT2D eigenvalue weighted by Crippen LogP contribution is -2.55. The molecule has 1 aromatic carbocycles. The molecule has 6 nitrogen and oxygen atoms in total. The third kappa shape index (κ3) is 5.21. The molecule has 1 atom stereocenters. The fourth-order valence-electron chi connectivity index (χ4n) is 4.61. The second-order valence-electron chi connectivity index (χ2n) is 8.81. The predicted molar refractivity (Wildman–Crippen MR) is 126 cm³/mol. The molecular weight excluding hydrogens is 422 g/mol. The highest BCUT2D eigenvalue weighted by Crippen LogP contribution is 2.25. The van der Waals surface area contributed by atoms with Gasteiger partial charge >= 0.3 is 0 Å². The molecular formula is C25H31N3O3S. The van der Waals surface area contributed by atoms with E-state index in [0.717, 1.165) is 42.8 Å². The van der Waals surface area contributed by atoms with E-state index < -0.39 is 6.04 Å². The van der Waals surface area contributed by atoms with E-state index in [0.29, 0.717) is 31.5 Å². The van der Waals surface area contributed by atoms with Crippen molar-refractivity contribution in [3.05, 3.63) is 57.8 Å². The van der Waals surface area contributed by atoms with Gasteiger partial charge in [-0.25, -0.2) is 0 Å². The highest BCUT2D eigenvalue weighted by Gasteiger charge is 2.36. The SMILES string of the molecule is Cc1ccc(C(=O)NC(C(=O)N2CCCCC2)C2CCN(C(=O)c3cccs3)CC2)cc1. The van der Waals surface area contributed by atoms with Gasteiger partial charge in [-0.2, -0.15) is 0 Å². The number of carbonyl (C=O) groups excluding carboxylic acids is 3. The first-order chi connectivity index (χ1) is 15.5. The van der Waals surface area contributed by atoms with E-state index in [2.05, 4.69) is 5.32 Å². The number of carbonyl (C=O) groups is 3. The number of hydrogen-bond acceptors (Lipinski definition) is 4. The first-order valence-electron chi connectivity index (χ1n) is 11.5. The summed E-state index contributed by atoms with van der Waals surface area (Å²) in [6.45, 7) is 4.70. The predicted octanol–water partition coefficient (Wildman–Crippen LogP) is 3.72. The number of benzene rings is 1. The summed E-state index contributed by atoms with van der Waals surface area (Å²) >= 11 is 1.45. The first kappa shape index (κ1) is 22.5. The lowest BCUT2D eigenvalue weighted by atomic mass is 9.87. The van der Waals surface area contributed by atoms with Gasteiger partial charge in [-0.1, -0.05) is 23.8 Å². The Kier molecular flexibility index (Phi) is 7.25. The summed E-state index contributed by atoms with van der Waals surface area (Å²) in [5, 5.41) is 4.97. The Labute approximate surface area is 193 Å². The molecule has 0 saturated carbocycles. The molecule has 1 unspecified atom stereocenters. The van der Waals surface area contributed by atoms with Gasteiger partial charge in [-0.05, 0) is 68.5 Å². The summed E-state index contributed by atoms with van der Waals surface area (Å²) in [6, 6.07) is 10.6. The van der Waals surface area contributed by atoms with Crippen LogP contribution >= 0.6 is 11.3 Å². The van der Waals surface area contributed by atoms with Gasteiger partial charge in [0.25, 0.3) is 11.8 Å². The fraction of sp³-hybridized carbons (Fsp3) is 0.480. The molecule has 0 radical (unpaired) electrons. The summed E-state index contributed by atoms with van der Waals surface area (Å²) in [6.07, 6.45) is 4.58. The van der Waals surface area contributed by atoms with Crippen molar-refractivity contribution in [2.75, 3.05) is 26.2 Å². The molecule has 2 aliphatic rings. The van der Waals surface area contributed by atoms with Crippen LogP contribution in [-0.2, 0) is 4.79 Å². The summed E-state index contributed by atoms with van der Waals surface area (Å²) in [7, 11) is 0. The molecule has 1 N–H and O–H groups in total. The zero-order chi connectivity index (χ0) is 22.5. The minimum absolute atomic E-state index is 0.0196. The van der Waals surface area contributed by atoms with Gasteiger partial charge in [0, 0.05) is 31.7 Å². The van der Waals surface area contributed by atoms with Gasteiger partial charge in [0.2, 0.25) is 5.91 Å². The van der Waals surface area contributed by atoms with Crippen LogP contribution in [0.4, 0.5) is 0 Å². The number of aryl methyl sites for hydroxylation is 1. The Morgan fingerprint density at radius 3 is 2.25 bits per heavy atom. The lowest BCUT2D eigenvalue weighted by Gasteiger charge is -2.38. The average Bonchev–Trinajstić information content (AvgIpc) is 3.38. The van der Waals surface area contributed by atoms with Crippen molar-refractivity contribution in [3.8, 4) is 0 Å². The average molecular weight is 454 g/mol. The Hall–Kier alpha value is -2.67. The van der Waals surface area contributed by atoms with Gasteiger partial charge < -0.3 is 15.1 Å². The van der Waals surface area contributed by atoms with Crippen LogP contribution in [0, 0.1) is 12.8 Å². The second-order valence-corrected chi connectivity index (χ2v) is 9.76. The molecule has 2 aromatic rings. The summed E-state index contributed by atoms with van der Waals surface area (Å²) < 4.78 is 0. The fourth-order valence-corrected chi connectivity index (χ4v) is 5.30. The molecule has 7 heteroatoms. The van der Waals surface area contributed by atoms with Crippen LogP contribution in [0.2, 0.25) is 0 Å². The number of piperidine rings is 2. The normalized spacial score (nSPS) is 18.3. The zero-order valence-corrected chi connectivity index (χ0v) is 19.4. The molecule has 2 saturated heterocycles. The maximum atomic E-state index is 13.5. The van der Waals surface area contributed by atoms with E-state index in [4.69, 9.17) is 0 Å². The topological polar surface area (TPSA) is 69.7 Å². The summed E-state index contributed by atoms with van der Waals surface area (Å²) in [4.78, 5) is 43.7. The molecule has 2 aliphatic heterocycles. The van der Waals surface area contributed by atoms with Crippen LogP contribution in [0.15, 0.2) is 41.8 Å². The zero-order valence-electron chi connectivity index (χ0n) is 18.6. The molecule has 0 bridgehead atoms. The number of amides is 3. The molecule has 2 fully saturated rings. The molecule has 1 aromatic heterocycles. The number of nitrogens with zero attached hydrogens (tertiary/aromatic N) is 2. The minimum atomic E-state index is -0.555. The Morgan fingerprint density at radius 1 is 0.938 bits per heavy atom. The lowest BCUT2D eigenvalue weighted by molar-refractivity contribution is -0.136. The minimum Gasteiger partial charge on any atom is -0.341 e. The molecule has 32 heavy (non-hydrogen) atoms. The first-order valence-corrected chi connectivity index (χ1v) is 12.4. The summed E-state index contributed by atoms with van der Waals surface area (Å²) in [5.41, 5.74) is 1.66. The Bertz CT molecular complexity index is 928. The Balaban J connectivity index is 1.46. The van der Waals surface area contributed by atoms with E-state index in [-0.39, 0.29) is 23.6 Å². The maximum absolute atomic E-state index is 13.5. The number of likely N-dealkylation sites (tertiary alicyclic amines) is 2. The standard InChI is InChI=1S/C25H31N3O3S/c1-18-7-9-20(10-8-18)23(29)26-22(25(31)27-13-3-2-4-14-27)19-11-15-28(16-12-19)24(30)21-6-5-17-32-21/h5-10,17,19,22H,2-4,11-16H2,1H3,(H,26,29). The smallest absolute Gasteiger partial charge is 0.263 e. The van der Waals surface area contributed by atoms with Crippen LogP contribution < -0.4 is 5.32 Å². The van der Waals surface area contributed by atoms with E-state index in [1.54, 1.807) is 12.1 Å². The van der Waals surface area contributed by atoms with Crippen LogP contribution in [0.25, 0.3) is 0 Å². The van der Waals surface area contributed by atoms with Crippen molar-refractivity contribution >= 4 is 29.1 Å². The molecule has 4 rings (SSSR count). The highest BCUT2D eigenvalue weighted by atomic mass is 32.1. The van der Waals surface area contributed by atoms with Crippen molar-refractivity contribution < 1.29 is 14.4 Å². The number of thiophene rings is 1. The van der Waals surface area contributed by atoms with Gasteiger partial charge in [0.15, 0.2) is 0 Å². The maximum Gasteiger partial charge on any atom is 0.263 e. The van der Waals surface area contributed by atoms with Gasteiger partial charge in [0.1, 0.15) is 6.04 Å². The largest absolute Gasteiger partial charge is 0.341 e. The number of hydrogen-bond donors (Lipinski definition) is 1. The van der Waals surface area contributed by atoms with E-state index >= 15 is 0 Å². The Morgan fingerprint density at radius 2 is 1.62 bits per heavy atom. The number of nitrogens with one attached hydrogen (secondary N) is 1. The van der Waals surface area contributed by atoms with E-state index in [1.165, 1.54) is 11.3 Å². The second kappa shape index (κ2) is 10.3. The quantitative estimate of drug-likeness (QED) is 0.750. The van der Waals surface area contributed by atoms with Crippen LogP contribution in [-0.4, -0.2) is 59.7 Å². The highest BCUT2D eigenvalue weighted by molar-refractivity contribution is 7.12. The van der Waals surface area contributed by atoms with Crippen molar-refractivity contribution in [1.29, 1.82) is 0 Å². The molecule has 0 spiro atoms. The van der Waals surface area contributed by atoms with E-state index in [9.17, 15) is 14.4 Å². The van der Waals surface area contributed by atoms with Crippen LogP contribution in [0.1, 0.15) is 57.7 Å². The van der Waals surface area contributed by atoms with Crippen molar-refractivity contribution in [2.45, 2.75) is 45.1 Å².